The molecule has 10 aromatic carbocycles. The van der Waals surface area contributed by atoms with Gasteiger partial charge in [-0.3, -0.25) is 4.98 Å². The molecule has 3 aromatic heterocycles. The summed E-state index contributed by atoms with van der Waals surface area (Å²) in [5.41, 5.74) is 9.38. The van der Waals surface area contributed by atoms with Crippen LogP contribution >= 0.6 is 11.3 Å². The second-order valence-corrected chi connectivity index (χ2v) is 17.7. The molecule has 0 fully saturated rings. The lowest BCUT2D eigenvalue weighted by Crippen LogP contribution is -2.01. The molecule has 0 aliphatic rings. The number of aromatic nitrogens is 4. The van der Waals surface area contributed by atoms with Crippen molar-refractivity contribution in [1.29, 1.82) is 0 Å². The maximum atomic E-state index is 5.40. The van der Waals surface area contributed by atoms with Gasteiger partial charge in [-0.15, -0.1) is 11.3 Å². The zero-order valence-electron chi connectivity index (χ0n) is 35.0. The summed E-state index contributed by atoms with van der Waals surface area (Å²) in [7, 11) is 0. The largest absolute Gasteiger partial charge is 0.264 e. The summed E-state index contributed by atoms with van der Waals surface area (Å²) in [6.45, 7) is 0. The Kier molecular flexibility index (Phi) is 8.68. The molecule has 5 heteroatoms. The van der Waals surface area contributed by atoms with E-state index in [2.05, 4.69) is 205 Å². The molecule has 13 rings (SSSR count). The molecule has 0 unspecified atom stereocenters. The third kappa shape index (κ3) is 6.44. The quantitative estimate of drug-likeness (QED) is 0.156. The van der Waals surface area contributed by atoms with E-state index < -0.39 is 0 Å². The number of hydrogen-bond acceptors (Lipinski definition) is 5. The van der Waals surface area contributed by atoms with Gasteiger partial charge in [0.15, 0.2) is 17.5 Å². The fraction of sp³-hybridized carbons (Fsp3) is 0. The fourth-order valence-electron chi connectivity index (χ4n) is 9.63. The predicted octanol–water partition coefficient (Wildman–Crippen LogP) is 16.2. The van der Waals surface area contributed by atoms with Crippen LogP contribution in [0.3, 0.4) is 0 Å². The van der Waals surface area contributed by atoms with E-state index >= 15 is 0 Å². The lowest BCUT2D eigenvalue weighted by Gasteiger charge is -2.16. The Labute approximate surface area is 378 Å². The molecule has 0 saturated heterocycles. The molecule has 0 aliphatic heterocycles. The number of fused-ring (bicyclic) bond motifs is 9. The molecule has 13 aromatic rings. The molecule has 0 amide bonds. The minimum atomic E-state index is 0.606. The minimum Gasteiger partial charge on any atom is -0.264 e. The van der Waals surface area contributed by atoms with E-state index in [0.717, 1.165) is 50.1 Å². The molecule has 4 nitrogen and oxygen atoms in total. The van der Waals surface area contributed by atoms with Crippen LogP contribution in [0.2, 0.25) is 0 Å². The molecule has 65 heavy (non-hydrogen) atoms. The molecule has 0 radical (unpaired) electrons. The van der Waals surface area contributed by atoms with Gasteiger partial charge in [0.1, 0.15) is 0 Å². The van der Waals surface area contributed by atoms with Gasteiger partial charge in [-0.1, -0.05) is 146 Å². The third-order valence-electron chi connectivity index (χ3n) is 12.8. The summed E-state index contributed by atoms with van der Waals surface area (Å²) in [6, 6.07) is 74.1. The summed E-state index contributed by atoms with van der Waals surface area (Å²) in [5, 5.41) is 12.1. The van der Waals surface area contributed by atoms with Gasteiger partial charge in [0.25, 0.3) is 0 Å². The number of thiophene rings is 1. The van der Waals surface area contributed by atoms with E-state index in [1.807, 2.05) is 23.6 Å². The summed E-state index contributed by atoms with van der Waals surface area (Å²) >= 11 is 1.81. The average Bonchev–Trinajstić information content (AvgIpc) is 3.76. The fourth-order valence-corrected chi connectivity index (χ4v) is 10.7. The second kappa shape index (κ2) is 15.2. The van der Waals surface area contributed by atoms with Crippen LogP contribution in [0.4, 0.5) is 0 Å². The van der Waals surface area contributed by atoms with Gasteiger partial charge in [-0.2, -0.15) is 0 Å². The number of pyridine rings is 1. The Morgan fingerprint density at radius 3 is 1.37 bits per heavy atom. The van der Waals surface area contributed by atoms with Gasteiger partial charge >= 0.3 is 0 Å². The molecule has 0 aliphatic carbocycles. The van der Waals surface area contributed by atoms with Crippen molar-refractivity contribution < 1.29 is 0 Å². The molecule has 0 saturated carbocycles. The van der Waals surface area contributed by atoms with Crippen LogP contribution in [0, 0.1) is 0 Å². The lowest BCUT2D eigenvalue weighted by molar-refractivity contribution is 1.07. The van der Waals surface area contributed by atoms with E-state index in [4.69, 9.17) is 15.0 Å². The molecule has 0 bridgehead atoms. The molecular formula is C60H36N4S. The summed E-state index contributed by atoms with van der Waals surface area (Å²) in [6.07, 6.45) is 3.69. The maximum absolute atomic E-state index is 5.40. The topological polar surface area (TPSA) is 51.6 Å². The van der Waals surface area contributed by atoms with Crippen molar-refractivity contribution in [3.63, 3.8) is 0 Å². The Hall–Kier alpha value is -8.38. The van der Waals surface area contributed by atoms with E-state index in [1.165, 1.54) is 63.3 Å². The van der Waals surface area contributed by atoms with Crippen LogP contribution in [0.25, 0.3) is 131 Å². The van der Waals surface area contributed by atoms with Crippen molar-refractivity contribution >= 4 is 74.6 Å². The second-order valence-electron chi connectivity index (χ2n) is 16.6. The van der Waals surface area contributed by atoms with Crippen LogP contribution in [-0.4, -0.2) is 19.9 Å². The maximum Gasteiger partial charge on any atom is 0.164 e. The molecular weight excluding hydrogens is 809 g/mol. The highest BCUT2D eigenvalue weighted by Gasteiger charge is 2.19. The summed E-state index contributed by atoms with van der Waals surface area (Å²) in [5.74, 6) is 1.84. The average molecular weight is 845 g/mol. The zero-order chi connectivity index (χ0) is 42.8. The van der Waals surface area contributed by atoms with Gasteiger partial charge in [0.2, 0.25) is 0 Å². The van der Waals surface area contributed by atoms with Crippen molar-refractivity contribution in [2.75, 3.05) is 0 Å². The first-order chi connectivity index (χ1) is 32.2. The zero-order valence-corrected chi connectivity index (χ0v) is 35.8. The van der Waals surface area contributed by atoms with Crippen LogP contribution < -0.4 is 0 Å². The summed E-state index contributed by atoms with van der Waals surface area (Å²) in [4.78, 5) is 20.4. The van der Waals surface area contributed by atoms with Crippen LogP contribution in [-0.2, 0) is 0 Å². The minimum absolute atomic E-state index is 0.606. The first-order valence-electron chi connectivity index (χ1n) is 21.8. The molecule has 302 valence electrons. The number of nitrogens with zero attached hydrogens (tertiary/aromatic N) is 4. The van der Waals surface area contributed by atoms with E-state index in [9.17, 15) is 0 Å². The number of rotatable bonds is 6. The number of hydrogen-bond donors (Lipinski definition) is 0. The predicted molar refractivity (Wildman–Crippen MR) is 273 cm³/mol. The van der Waals surface area contributed by atoms with Crippen molar-refractivity contribution in [3.8, 4) is 67.5 Å². The first kappa shape index (κ1) is 37.2. The van der Waals surface area contributed by atoms with Crippen molar-refractivity contribution in [2.45, 2.75) is 0 Å². The van der Waals surface area contributed by atoms with E-state index in [-0.39, 0.29) is 0 Å². The SMILES string of the molecule is c1cncc(-c2ccc(-c3nc(-c4cc(-c5cc6ccccc6c6ccccc56)cc(-c5cc6ccccc6c6ccccc56)c4)nc(-c4ccc5sc6ccccc6c5c4)n3)cc2)c1. The highest BCUT2D eigenvalue weighted by atomic mass is 32.1. The Morgan fingerprint density at radius 1 is 0.277 bits per heavy atom. The van der Waals surface area contributed by atoms with E-state index in [1.54, 1.807) is 6.20 Å². The first-order valence-corrected chi connectivity index (χ1v) is 22.7. The molecule has 0 atom stereocenters. The highest BCUT2D eigenvalue weighted by molar-refractivity contribution is 7.25. The number of benzene rings is 10. The van der Waals surface area contributed by atoms with Gasteiger partial charge in [-0.05, 0) is 137 Å². The standard InChI is InChI=1S/C60H36N4S/c1-3-15-46-39(12-1)33-53(50-19-7-5-17-48(46)50)43-30-44(54-34-40-13-2-4-16-47(40)49-18-6-8-20-51(49)54)32-45(31-43)60-63-58(38-25-23-37(24-26-38)42-14-11-29-61-36-42)62-59(64-60)41-27-28-57-55(35-41)52-21-9-10-22-56(52)65-57/h1-36H. The van der Waals surface area contributed by atoms with Gasteiger partial charge in [0.05, 0.1) is 0 Å². The van der Waals surface area contributed by atoms with Gasteiger partial charge in [-0.25, -0.2) is 15.0 Å². The van der Waals surface area contributed by atoms with E-state index in [0.29, 0.717) is 17.5 Å². The lowest BCUT2D eigenvalue weighted by atomic mass is 9.88. The van der Waals surface area contributed by atoms with Crippen molar-refractivity contribution in [1.82, 2.24) is 19.9 Å². The third-order valence-corrected chi connectivity index (χ3v) is 13.9. The smallest absolute Gasteiger partial charge is 0.164 e. The Morgan fingerprint density at radius 2 is 0.754 bits per heavy atom. The Balaban J connectivity index is 1.08. The molecule has 0 N–H and O–H groups in total. The summed E-state index contributed by atoms with van der Waals surface area (Å²) < 4.78 is 2.50. The molecule has 0 spiro atoms. The van der Waals surface area contributed by atoms with Gasteiger partial charge < -0.3 is 0 Å². The van der Waals surface area contributed by atoms with Crippen LogP contribution in [0.1, 0.15) is 0 Å². The normalized spacial score (nSPS) is 11.7. The van der Waals surface area contributed by atoms with Crippen LogP contribution in [0.5, 0.6) is 0 Å². The monoisotopic (exact) mass is 844 g/mol. The highest BCUT2D eigenvalue weighted by Crippen LogP contribution is 2.42. The Bertz CT molecular complexity index is 3870. The molecule has 3 heterocycles. The van der Waals surface area contributed by atoms with Crippen molar-refractivity contribution in [2.24, 2.45) is 0 Å². The van der Waals surface area contributed by atoms with Gasteiger partial charge in [0, 0.05) is 49.3 Å². The van der Waals surface area contributed by atoms with Crippen molar-refractivity contribution in [3.05, 3.63) is 219 Å². The van der Waals surface area contributed by atoms with Crippen LogP contribution in [0.15, 0.2) is 219 Å².